The first-order valence-electron chi connectivity index (χ1n) is 7.97. The SMILES string of the molecule is Cn1c(C(=O)N2CCCC(CS(C)(=O)=O)C2)cc2c(Cl)cccc21. The van der Waals surface area contributed by atoms with Gasteiger partial charge in [-0.3, -0.25) is 4.79 Å². The van der Waals surface area contributed by atoms with Crippen LogP contribution in [-0.4, -0.2) is 48.9 Å². The number of carbonyl (C=O) groups excluding carboxylic acids is 1. The molecule has 130 valence electrons. The number of carbonyl (C=O) groups is 1. The molecule has 0 radical (unpaired) electrons. The van der Waals surface area contributed by atoms with E-state index in [0.29, 0.717) is 23.8 Å². The van der Waals surface area contributed by atoms with E-state index in [2.05, 4.69) is 0 Å². The molecule has 24 heavy (non-hydrogen) atoms. The number of benzene rings is 1. The van der Waals surface area contributed by atoms with Crippen molar-refractivity contribution in [3.05, 3.63) is 35.0 Å². The molecule has 0 spiro atoms. The van der Waals surface area contributed by atoms with Gasteiger partial charge in [0.25, 0.3) is 5.91 Å². The van der Waals surface area contributed by atoms with Gasteiger partial charge in [-0.1, -0.05) is 17.7 Å². The Morgan fingerprint density at radius 1 is 1.38 bits per heavy atom. The molecular formula is C17H21ClN2O3S. The van der Waals surface area contributed by atoms with Crippen molar-refractivity contribution in [3.63, 3.8) is 0 Å². The van der Waals surface area contributed by atoms with Crippen LogP contribution >= 0.6 is 11.6 Å². The maximum Gasteiger partial charge on any atom is 0.270 e. The third kappa shape index (κ3) is 3.44. The predicted octanol–water partition coefficient (Wildman–Crippen LogP) is 2.73. The van der Waals surface area contributed by atoms with Gasteiger partial charge in [0.2, 0.25) is 0 Å². The molecule has 7 heteroatoms. The third-order valence-corrected chi connectivity index (χ3v) is 6.00. The minimum Gasteiger partial charge on any atom is -0.340 e. The van der Waals surface area contributed by atoms with Gasteiger partial charge in [0.05, 0.1) is 5.75 Å². The lowest BCUT2D eigenvalue weighted by atomic mass is 10.00. The first-order chi connectivity index (χ1) is 11.3. The van der Waals surface area contributed by atoms with Crippen LogP contribution in [0.1, 0.15) is 23.3 Å². The Hall–Kier alpha value is -1.53. The second kappa shape index (κ2) is 6.41. The lowest BCUT2D eigenvalue weighted by molar-refractivity contribution is 0.0675. The summed E-state index contributed by atoms with van der Waals surface area (Å²) in [6.45, 7) is 1.15. The largest absolute Gasteiger partial charge is 0.340 e. The van der Waals surface area contributed by atoms with Crippen LogP contribution in [0.3, 0.4) is 0 Å². The van der Waals surface area contributed by atoms with Crippen LogP contribution in [0, 0.1) is 5.92 Å². The molecule has 0 aliphatic carbocycles. The van der Waals surface area contributed by atoms with Crippen LogP contribution in [0.4, 0.5) is 0 Å². The van der Waals surface area contributed by atoms with Gasteiger partial charge in [-0.2, -0.15) is 0 Å². The highest BCUT2D eigenvalue weighted by atomic mass is 35.5. The van der Waals surface area contributed by atoms with E-state index in [4.69, 9.17) is 11.6 Å². The van der Waals surface area contributed by atoms with Crippen molar-refractivity contribution in [3.8, 4) is 0 Å². The number of aromatic nitrogens is 1. The third-order valence-electron chi connectivity index (χ3n) is 4.60. The van der Waals surface area contributed by atoms with Gasteiger partial charge in [-0.05, 0) is 37.0 Å². The minimum absolute atomic E-state index is 0.0102. The van der Waals surface area contributed by atoms with Gasteiger partial charge in [0, 0.05) is 42.3 Å². The van der Waals surface area contributed by atoms with Gasteiger partial charge >= 0.3 is 0 Å². The van der Waals surface area contributed by atoms with Crippen molar-refractivity contribution in [1.82, 2.24) is 9.47 Å². The van der Waals surface area contributed by atoms with Crippen LogP contribution < -0.4 is 0 Å². The number of nitrogens with zero attached hydrogens (tertiary/aromatic N) is 2. The highest BCUT2D eigenvalue weighted by Gasteiger charge is 2.28. The second-order valence-corrected chi connectivity index (χ2v) is 9.21. The van der Waals surface area contributed by atoms with Crippen molar-refractivity contribution in [2.45, 2.75) is 12.8 Å². The number of fused-ring (bicyclic) bond motifs is 1. The maximum absolute atomic E-state index is 12.9. The monoisotopic (exact) mass is 368 g/mol. The zero-order valence-corrected chi connectivity index (χ0v) is 15.4. The summed E-state index contributed by atoms with van der Waals surface area (Å²) in [5, 5.41) is 1.48. The molecule has 0 bridgehead atoms. The number of halogens is 1. The average Bonchev–Trinajstić information content (AvgIpc) is 2.84. The molecule has 2 heterocycles. The Morgan fingerprint density at radius 2 is 2.12 bits per heavy atom. The lowest BCUT2D eigenvalue weighted by Crippen LogP contribution is -2.42. The molecule has 1 atom stereocenters. The van der Waals surface area contributed by atoms with Crippen LogP contribution in [0.25, 0.3) is 10.9 Å². The first kappa shape index (κ1) is 17.3. The predicted molar refractivity (Wildman–Crippen MR) is 96.3 cm³/mol. The fourth-order valence-electron chi connectivity index (χ4n) is 3.51. The molecule has 5 nitrogen and oxygen atoms in total. The molecule has 0 saturated carbocycles. The number of likely N-dealkylation sites (tertiary alicyclic amines) is 1. The Kier molecular flexibility index (Phi) is 4.62. The van der Waals surface area contributed by atoms with Gasteiger partial charge < -0.3 is 9.47 Å². The van der Waals surface area contributed by atoms with Crippen molar-refractivity contribution in [1.29, 1.82) is 0 Å². The number of piperidine rings is 1. The van der Waals surface area contributed by atoms with Crippen molar-refractivity contribution >= 4 is 38.2 Å². The van der Waals surface area contributed by atoms with Crippen molar-refractivity contribution < 1.29 is 13.2 Å². The van der Waals surface area contributed by atoms with E-state index < -0.39 is 9.84 Å². The summed E-state index contributed by atoms with van der Waals surface area (Å²) < 4.78 is 24.9. The van der Waals surface area contributed by atoms with E-state index in [0.717, 1.165) is 23.7 Å². The standard InChI is InChI=1S/C17H21ClN2O3S/c1-19-15-7-3-6-14(18)13(15)9-16(19)17(21)20-8-4-5-12(10-20)11-24(2,22)23/h3,6-7,9,12H,4-5,8,10-11H2,1-2H3. The molecule has 1 aliphatic rings. The van der Waals surface area contributed by atoms with Crippen LogP contribution in [0.5, 0.6) is 0 Å². The average molecular weight is 369 g/mol. The Bertz CT molecular complexity index is 889. The number of aryl methyl sites for hydroxylation is 1. The number of hydrogen-bond donors (Lipinski definition) is 0. The van der Waals surface area contributed by atoms with E-state index in [1.807, 2.05) is 29.8 Å². The van der Waals surface area contributed by atoms with Crippen molar-refractivity contribution in [2.24, 2.45) is 13.0 Å². The van der Waals surface area contributed by atoms with Gasteiger partial charge in [-0.25, -0.2) is 8.42 Å². The zero-order chi connectivity index (χ0) is 17.5. The molecule has 1 fully saturated rings. The fourth-order valence-corrected chi connectivity index (χ4v) is 4.86. The van der Waals surface area contributed by atoms with Gasteiger partial charge in [0.1, 0.15) is 15.5 Å². The molecule has 1 amide bonds. The second-order valence-electron chi connectivity index (χ2n) is 6.61. The molecular weight excluding hydrogens is 348 g/mol. The highest BCUT2D eigenvalue weighted by Crippen LogP contribution is 2.28. The maximum atomic E-state index is 12.9. The molecule has 1 aromatic carbocycles. The van der Waals surface area contributed by atoms with E-state index in [1.54, 1.807) is 11.0 Å². The smallest absolute Gasteiger partial charge is 0.270 e. The summed E-state index contributed by atoms with van der Waals surface area (Å²) in [5.41, 5.74) is 1.49. The van der Waals surface area contributed by atoms with Crippen LogP contribution in [0.2, 0.25) is 5.02 Å². The van der Waals surface area contributed by atoms with E-state index >= 15 is 0 Å². The minimum atomic E-state index is -3.03. The Balaban J connectivity index is 1.86. The highest BCUT2D eigenvalue weighted by molar-refractivity contribution is 7.90. The number of rotatable bonds is 3. The molecule has 1 aliphatic heterocycles. The summed E-state index contributed by atoms with van der Waals surface area (Å²) in [6, 6.07) is 7.42. The molecule has 1 saturated heterocycles. The van der Waals surface area contributed by atoms with E-state index in [9.17, 15) is 13.2 Å². The molecule has 1 unspecified atom stereocenters. The molecule has 0 N–H and O–H groups in total. The van der Waals surface area contributed by atoms with Gasteiger partial charge in [-0.15, -0.1) is 0 Å². The Labute approximate surface area is 147 Å². The normalized spacial score (nSPS) is 19.0. The summed E-state index contributed by atoms with van der Waals surface area (Å²) in [5.74, 6) is 0.0801. The number of amides is 1. The summed E-state index contributed by atoms with van der Waals surface area (Å²) in [7, 11) is -1.18. The van der Waals surface area contributed by atoms with E-state index in [-0.39, 0.29) is 17.6 Å². The van der Waals surface area contributed by atoms with E-state index in [1.165, 1.54) is 6.26 Å². The number of sulfone groups is 1. The fraction of sp³-hybridized carbons (Fsp3) is 0.471. The summed E-state index contributed by atoms with van der Waals surface area (Å²) in [4.78, 5) is 14.7. The number of hydrogen-bond acceptors (Lipinski definition) is 3. The van der Waals surface area contributed by atoms with Crippen LogP contribution in [-0.2, 0) is 16.9 Å². The first-order valence-corrected chi connectivity index (χ1v) is 10.4. The van der Waals surface area contributed by atoms with Crippen molar-refractivity contribution in [2.75, 3.05) is 25.1 Å². The van der Waals surface area contributed by atoms with Gasteiger partial charge in [0.15, 0.2) is 0 Å². The molecule has 3 rings (SSSR count). The zero-order valence-electron chi connectivity index (χ0n) is 13.8. The van der Waals surface area contributed by atoms with Crippen LogP contribution in [0.15, 0.2) is 24.3 Å². The summed E-state index contributed by atoms with van der Waals surface area (Å²) >= 11 is 6.22. The topological polar surface area (TPSA) is 59.4 Å². The quantitative estimate of drug-likeness (QED) is 0.836. The Morgan fingerprint density at radius 3 is 2.79 bits per heavy atom. The molecule has 1 aromatic heterocycles. The molecule has 2 aromatic rings. The lowest BCUT2D eigenvalue weighted by Gasteiger charge is -2.32. The summed E-state index contributed by atoms with van der Waals surface area (Å²) in [6.07, 6.45) is 2.92.